The maximum absolute atomic E-state index is 12.0. The van der Waals surface area contributed by atoms with Gasteiger partial charge in [-0.3, -0.25) is 4.79 Å². The molecule has 2 heterocycles. The molecule has 7 heteroatoms. The van der Waals surface area contributed by atoms with Crippen LogP contribution in [0.1, 0.15) is 30.9 Å². The van der Waals surface area contributed by atoms with Crippen molar-refractivity contribution in [1.29, 1.82) is 0 Å². The lowest BCUT2D eigenvalue weighted by Crippen LogP contribution is -2.26. The van der Waals surface area contributed by atoms with Gasteiger partial charge in [0.25, 0.3) is 0 Å². The van der Waals surface area contributed by atoms with Gasteiger partial charge in [0.05, 0.1) is 11.3 Å². The normalized spacial score (nSPS) is 11.3. The molecule has 0 aliphatic carbocycles. The lowest BCUT2D eigenvalue weighted by molar-refractivity contribution is -0.118. The monoisotopic (exact) mass is 419 g/mol. The lowest BCUT2D eigenvalue weighted by atomic mass is 10.1. The fraction of sp³-hybridized carbons (Fsp3) is 0.304. The van der Waals surface area contributed by atoms with Gasteiger partial charge in [0.15, 0.2) is 5.65 Å². The van der Waals surface area contributed by atoms with E-state index < -0.39 is 0 Å². The molecule has 0 unspecified atom stereocenters. The van der Waals surface area contributed by atoms with E-state index in [0.29, 0.717) is 18.2 Å². The number of thioether (sulfide) groups is 1. The topological polar surface area (TPSA) is 72.7 Å². The SMILES string of the molecule is CCCCNC(=O)CSc1nnc2c3ccccc3n(Cc3ccc(C)cc3)c2n1. The van der Waals surface area contributed by atoms with Crippen LogP contribution >= 0.6 is 11.8 Å². The number of rotatable bonds is 8. The van der Waals surface area contributed by atoms with Gasteiger partial charge in [0, 0.05) is 18.5 Å². The molecule has 6 nitrogen and oxygen atoms in total. The molecule has 1 N–H and O–H groups in total. The van der Waals surface area contributed by atoms with Crippen LogP contribution < -0.4 is 5.32 Å². The molecule has 0 saturated carbocycles. The number of hydrogen-bond acceptors (Lipinski definition) is 5. The number of benzene rings is 2. The average molecular weight is 420 g/mol. The second kappa shape index (κ2) is 9.26. The van der Waals surface area contributed by atoms with Gasteiger partial charge in [-0.1, -0.05) is 73.1 Å². The van der Waals surface area contributed by atoms with Crippen molar-refractivity contribution in [2.75, 3.05) is 12.3 Å². The fourth-order valence-electron chi connectivity index (χ4n) is 3.37. The third-order valence-corrected chi connectivity index (χ3v) is 5.84. The number of hydrogen-bond donors (Lipinski definition) is 1. The van der Waals surface area contributed by atoms with Gasteiger partial charge in [-0.25, -0.2) is 4.98 Å². The lowest BCUT2D eigenvalue weighted by Gasteiger charge is -2.08. The maximum atomic E-state index is 12.0. The minimum atomic E-state index is -0.00246. The van der Waals surface area contributed by atoms with Crippen LogP contribution in [0.4, 0.5) is 0 Å². The van der Waals surface area contributed by atoms with Crippen molar-refractivity contribution < 1.29 is 4.79 Å². The van der Waals surface area contributed by atoms with E-state index in [1.165, 1.54) is 22.9 Å². The van der Waals surface area contributed by atoms with Crippen molar-refractivity contribution in [2.24, 2.45) is 0 Å². The second-order valence-corrected chi connectivity index (χ2v) is 8.29. The van der Waals surface area contributed by atoms with Crippen molar-refractivity contribution in [3.63, 3.8) is 0 Å². The Bertz CT molecular complexity index is 1170. The molecule has 0 atom stereocenters. The molecule has 0 spiro atoms. The molecule has 30 heavy (non-hydrogen) atoms. The van der Waals surface area contributed by atoms with E-state index >= 15 is 0 Å². The first-order valence-corrected chi connectivity index (χ1v) is 11.2. The Labute approximate surface area is 180 Å². The van der Waals surface area contributed by atoms with Crippen LogP contribution in [0.2, 0.25) is 0 Å². The quantitative estimate of drug-likeness (QED) is 0.340. The maximum Gasteiger partial charge on any atom is 0.230 e. The van der Waals surface area contributed by atoms with E-state index in [4.69, 9.17) is 4.98 Å². The highest BCUT2D eigenvalue weighted by Crippen LogP contribution is 2.28. The molecule has 2 aromatic carbocycles. The summed E-state index contributed by atoms with van der Waals surface area (Å²) in [5, 5.41) is 13.2. The number of aryl methyl sites for hydroxylation is 1. The Morgan fingerprint density at radius 1 is 1.10 bits per heavy atom. The summed E-state index contributed by atoms with van der Waals surface area (Å²) in [7, 11) is 0. The molecule has 0 radical (unpaired) electrons. The summed E-state index contributed by atoms with van der Waals surface area (Å²) in [6.45, 7) is 5.60. The highest BCUT2D eigenvalue weighted by atomic mass is 32.2. The predicted octanol–water partition coefficient (Wildman–Crippen LogP) is 4.34. The van der Waals surface area contributed by atoms with Gasteiger partial charge >= 0.3 is 0 Å². The second-order valence-electron chi connectivity index (χ2n) is 7.35. The van der Waals surface area contributed by atoms with Gasteiger partial charge in [0.1, 0.15) is 5.52 Å². The van der Waals surface area contributed by atoms with Crippen LogP contribution in [0.5, 0.6) is 0 Å². The van der Waals surface area contributed by atoms with Gasteiger partial charge in [-0.2, -0.15) is 0 Å². The summed E-state index contributed by atoms with van der Waals surface area (Å²) in [6.07, 6.45) is 2.04. The van der Waals surface area contributed by atoms with E-state index in [1.54, 1.807) is 0 Å². The van der Waals surface area contributed by atoms with Crippen LogP contribution in [-0.4, -0.2) is 38.0 Å². The Morgan fingerprint density at radius 3 is 2.70 bits per heavy atom. The van der Waals surface area contributed by atoms with Crippen LogP contribution in [0, 0.1) is 6.92 Å². The zero-order valence-corrected chi connectivity index (χ0v) is 18.1. The molecule has 0 fully saturated rings. The zero-order chi connectivity index (χ0) is 20.9. The third-order valence-electron chi connectivity index (χ3n) is 5.00. The van der Waals surface area contributed by atoms with Crippen LogP contribution in [-0.2, 0) is 11.3 Å². The smallest absolute Gasteiger partial charge is 0.230 e. The van der Waals surface area contributed by atoms with Crippen molar-refractivity contribution in [3.8, 4) is 0 Å². The molecule has 0 aliphatic rings. The van der Waals surface area contributed by atoms with E-state index in [0.717, 1.165) is 34.9 Å². The summed E-state index contributed by atoms with van der Waals surface area (Å²) >= 11 is 1.32. The highest BCUT2D eigenvalue weighted by Gasteiger charge is 2.15. The van der Waals surface area contributed by atoms with Crippen molar-refractivity contribution in [2.45, 2.75) is 38.4 Å². The first-order chi connectivity index (χ1) is 14.7. The van der Waals surface area contributed by atoms with Crippen LogP contribution in [0.25, 0.3) is 22.1 Å². The number of amides is 1. The number of fused-ring (bicyclic) bond motifs is 3. The first kappa shape index (κ1) is 20.3. The Morgan fingerprint density at radius 2 is 1.90 bits per heavy atom. The number of carbonyl (C=O) groups is 1. The molecule has 0 saturated heterocycles. The zero-order valence-electron chi connectivity index (χ0n) is 17.3. The third kappa shape index (κ3) is 4.46. The van der Waals surface area contributed by atoms with Crippen LogP contribution in [0.3, 0.4) is 0 Å². The number of carbonyl (C=O) groups excluding carboxylic acids is 1. The average Bonchev–Trinajstić information content (AvgIpc) is 3.07. The minimum Gasteiger partial charge on any atom is -0.355 e. The summed E-state index contributed by atoms with van der Waals surface area (Å²) in [4.78, 5) is 16.8. The van der Waals surface area contributed by atoms with E-state index in [9.17, 15) is 4.79 Å². The first-order valence-electron chi connectivity index (χ1n) is 10.2. The summed E-state index contributed by atoms with van der Waals surface area (Å²) in [5.74, 6) is 0.284. The molecule has 2 aromatic heterocycles. The molecular formula is C23H25N5OS. The number of para-hydroxylation sites is 1. The standard InChI is InChI=1S/C23H25N5OS/c1-3-4-13-24-20(29)15-30-23-25-22-21(26-27-23)18-7-5-6-8-19(18)28(22)14-17-11-9-16(2)10-12-17/h5-12H,3-4,13-15H2,1-2H3,(H,24,29). The van der Waals surface area contributed by atoms with Gasteiger partial charge < -0.3 is 9.88 Å². The molecule has 1 amide bonds. The number of unbranched alkanes of at least 4 members (excludes halogenated alkanes) is 1. The molecular weight excluding hydrogens is 394 g/mol. The van der Waals surface area contributed by atoms with Gasteiger partial charge in [-0.05, 0) is 25.0 Å². The van der Waals surface area contributed by atoms with E-state index in [1.807, 2.05) is 18.2 Å². The van der Waals surface area contributed by atoms with Crippen molar-refractivity contribution >= 4 is 39.7 Å². The number of nitrogens with zero attached hydrogens (tertiary/aromatic N) is 4. The summed E-state index contributed by atoms with van der Waals surface area (Å²) < 4.78 is 2.18. The van der Waals surface area contributed by atoms with E-state index in [-0.39, 0.29) is 11.7 Å². The Balaban J connectivity index is 1.64. The predicted molar refractivity (Wildman–Crippen MR) is 122 cm³/mol. The Kier molecular flexibility index (Phi) is 6.28. The van der Waals surface area contributed by atoms with Crippen molar-refractivity contribution in [3.05, 3.63) is 59.7 Å². The number of nitrogens with one attached hydrogen (secondary N) is 1. The largest absolute Gasteiger partial charge is 0.355 e. The van der Waals surface area contributed by atoms with Crippen LogP contribution in [0.15, 0.2) is 53.7 Å². The molecule has 4 rings (SSSR count). The van der Waals surface area contributed by atoms with Gasteiger partial charge in [0.2, 0.25) is 11.1 Å². The minimum absolute atomic E-state index is 0.00246. The number of aromatic nitrogens is 4. The van der Waals surface area contributed by atoms with Crippen molar-refractivity contribution in [1.82, 2.24) is 25.1 Å². The highest BCUT2D eigenvalue weighted by molar-refractivity contribution is 7.99. The Hall–Kier alpha value is -2.93. The molecule has 0 aliphatic heterocycles. The van der Waals surface area contributed by atoms with Gasteiger partial charge in [-0.15, -0.1) is 10.2 Å². The summed E-state index contributed by atoms with van der Waals surface area (Å²) in [5.41, 5.74) is 5.09. The molecule has 154 valence electrons. The summed E-state index contributed by atoms with van der Waals surface area (Å²) in [6, 6.07) is 16.7. The molecule has 4 aromatic rings. The van der Waals surface area contributed by atoms with E-state index in [2.05, 4.69) is 64.3 Å². The fourth-order valence-corrected chi connectivity index (χ4v) is 3.98. The molecule has 0 bridgehead atoms.